The molecule has 1 unspecified atom stereocenters. The van der Waals surface area contributed by atoms with E-state index in [1.165, 1.54) is 23.1 Å². The molecule has 5 heteroatoms. The summed E-state index contributed by atoms with van der Waals surface area (Å²) >= 11 is 0. The number of aliphatic imine (C=N–C) groups is 1. The second-order valence-corrected chi connectivity index (χ2v) is 9.02. The molecule has 0 aliphatic carbocycles. The number of piperidine rings is 1. The first-order chi connectivity index (χ1) is 15.2. The summed E-state index contributed by atoms with van der Waals surface area (Å²) in [5, 5.41) is 13.2. The van der Waals surface area contributed by atoms with Gasteiger partial charge in [-0.25, -0.2) is 0 Å². The van der Waals surface area contributed by atoms with Crippen molar-refractivity contribution in [2.75, 3.05) is 33.2 Å². The predicted octanol–water partition coefficient (Wildman–Crippen LogP) is 3.28. The summed E-state index contributed by atoms with van der Waals surface area (Å²) < 4.78 is 0. The zero-order chi connectivity index (χ0) is 21.5. The fourth-order valence-corrected chi connectivity index (χ4v) is 4.75. The number of nitrogens with one attached hydrogen (secondary N) is 1. The number of hydrogen-bond acceptors (Lipinski definition) is 3. The van der Waals surface area contributed by atoms with Gasteiger partial charge in [0.2, 0.25) is 0 Å². The van der Waals surface area contributed by atoms with E-state index in [1.54, 1.807) is 0 Å². The van der Waals surface area contributed by atoms with E-state index in [0.29, 0.717) is 5.92 Å². The highest BCUT2D eigenvalue weighted by Crippen LogP contribution is 2.21. The molecule has 31 heavy (non-hydrogen) atoms. The Hall–Kier alpha value is -2.37. The molecule has 0 amide bonds. The summed E-state index contributed by atoms with van der Waals surface area (Å²) in [5.74, 6) is 1.70. The molecule has 0 radical (unpaired) electrons. The van der Waals surface area contributed by atoms with Crippen LogP contribution in [-0.4, -0.2) is 60.2 Å². The largest absolute Gasteiger partial charge is 0.393 e. The van der Waals surface area contributed by atoms with Crippen molar-refractivity contribution < 1.29 is 5.11 Å². The average Bonchev–Trinajstić information content (AvgIpc) is 3.26. The minimum Gasteiger partial charge on any atom is -0.393 e. The first-order valence-corrected chi connectivity index (χ1v) is 11.7. The lowest BCUT2D eigenvalue weighted by atomic mass is 9.99. The van der Waals surface area contributed by atoms with Crippen LogP contribution in [0.4, 0.5) is 0 Å². The van der Waals surface area contributed by atoms with Gasteiger partial charge in [0, 0.05) is 46.3 Å². The van der Waals surface area contributed by atoms with Gasteiger partial charge in [-0.1, -0.05) is 54.6 Å². The first kappa shape index (κ1) is 21.8. The molecule has 2 aliphatic rings. The molecule has 2 aromatic carbocycles. The molecule has 2 N–H and O–H groups in total. The second-order valence-electron chi connectivity index (χ2n) is 9.02. The van der Waals surface area contributed by atoms with Gasteiger partial charge in [-0.05, 0) is 48.3 Å². The number of rotatable bonds is 6. The van der Waals surface area contributed by atoms with Crippen LogP contribution < -0.4 is 5.32 Å². The van der Waals surface area contributed by atoms with Crippen molar-refractivity contribution in [2.24, 2.45) is 10.9 Å². The molecule has 0 spiro atoms. The third-order valence-corrected chi connectivity index (χ3v) is 6.60. The van der Waals surface area contributed by atoms with Crippen molar-refractivity contribution in [2.45, 2.75) is 44.9 Å². The molecule has 0 aromatic heterocycles. The van der Waals surface area contributed by atoms with E-state index < -0.39 is 0 Å². The van der Waals surface area contributed by atoms with Crippen molar-refractivity contribution in [3.8, 4) is 0 Å². The van der Waals surface area contributed by atoms with Crippen molar-refractivity contribution in [3.63, 3.8) is 0 Å². The summed E-state index contributed by atoms with van der Waals surface area (Å²) in [6.07, 6.45) is 4.04. The van der Waals surface area contributed by atoms with E-state index in [4.69, 9.17) is 0 Å². The molecular formula is C26H36N4O. The van der Waals surface area contributed by atoms with Gasteiger partial charge in [-0.15, -0.1) is 0 Å². The Labute approximate surface area is 186 Å². The third-order valence-electron chi connectivity index (χ3n) is 6.60. The van der Waals surface area contributed by atoms with E-state index in [-0.39, 0.29) is 6.10 Å². The smallest absolute Gasteiger partial charge is 0.193 e. The van der Waals surface area contributed by atoms with Crippen LogP contribution in [0.5, 0.6) is 0 Å². The lowest BCUT2D eigenvalue weighted by Crippen LogP contribution is -2.39. The van der Waals surface area contributed by atoms with E-state index in [1.807, 2.05) is 7.05 Å². The van der Waals surface area contributed by atoms with Gasteiger partial charge in [0.25, 0.3) is 0 Å². The maximum absolute atomic E-state index is 9.67. The Morgan fingerprint density at radius 2 is 1.65 bits per heavy atom. The SMILES string of the molecule is CN=C(NCc1ccc(CN2CCC(O)CC2)cc1)N1CCC(Cc2ccccc2)C1. The van der Waals surface area contributed by atoms with E-state index in [2.05, 4.69) is 74.7 Å². The predicted molar refractivity (Wildman–Crippen MR) is 127 cm³/mol. The Kier molecular flexibility index (Phi) is 7.60. The van der Waals surface area contributed by atoms with Gasteiger partial charge < -0.3 is 15.3 Å². The summed E-state index contributed by atoms with van der Waals surface area (Å²) in [6, 6.07) is 19.7. The Balaban J connectivity index is 1.23. The molecular weight excluding hydrogens is 384 g/mol. The molecule has 2 aliphatic heterocycles. The summed E-state index contributed by atoms with van der Waals surface area (Å²) in [4.78, 5) is 9.36. The lowest BCUT2D eigenvalue weighted by molar-refractivity contribution is 0.0792. The molecule has 5 nitrogen and oxygen atoms in total. The number of aliphatic hydroxyl groups is 1. The minimum absolute atomic E-state index is 0.108. The summed E-state index contributed by atoms with van der Waals surface area (Å²) in [5.41, 5.74) is 4.05. The van der Waals surface area contributed by atoms with Crippen molar-refractivity contribution in [1.29, 1.82) is 0 Å². The Morgan fingerprint density at radius 3 is 2.35 bits per heavy atom. The Morgan fingerprint density at radius 1 is 0.935 bits per heavy atom. The number of likely N-dealkylation sites (tertiary alicyclic amines) is 2. The van der Waals surface area contributed by atoms with Crippen LogP contribution in [0.2, 0.25) is 0 Å². The zero-order valence-corrected chi connectivity index (χ0v) is 18.7. The standard InChI is InChI=1S/C26H36N4O/c1-27-26(30-16-11-24(20-30)17-21-5-3-2-4-6-21)28-18-22-7-9-23(10-8-22)19-29-14-12-25(31)13-15-29/h2-10,24-25,31H,11-20H2,1H3,(H,27,28). The molecule has 0 bridgehead atoms. The highest BCUT2D eigenvalue weighted by atomic mass is 16.3. The van der Waals surface area contributed by atoms with Crippen LogP contribution in [0.25, 0.3) is 0 Å². The Bertz CT molecular complexity index is 828. The van der Waals surface area contributed by atoms with Crippen molar-refractivity contribution in [3.05, 3.63) is 71.3 Å². The van der Waals surface area contributed by atoms with E-state index in [9.17, 15) is 5.11 Å². The van der Waals surface area contributed by atoms with Crippen LogP contribution in [-0.2, 0) is 19.5 Å². The van der Waals surface area contributed by atoms with Gasteiger partial charge in [0.15, 0.2) is 5.96 Å². The second kappa shape index (κ2) is 10.8. The van der Waals surface area contributed by atoms with Crippen LogP contribution in [0.15, 0.2) is 59.6 Å². The summed E-state index contributed by atoms with van der Waals surface area (Å²) in [7, 11) is 1.88. The molecule has 2 fully saturated rings. The first-order valence-electron chi connectivity index (χ1n) is 11.7. The number of benzene rings is 2. The fraction of sp³-hybridized carbons (Fsp3) is 0.500. The van der Waals surface area contributed by atoms with Crippen LogP contribution in [0.3, 0.4) is 0 Å². The molecule has 2 heterocycles. The summed E-state index contributed by atoms with van der Waals surface area (Å²) in [6.45, 7) is 5.88. The van der Waals surface area contributed by atoms with Crippen LogP contribution in [0, 0.1) is 5.92 Å². The fourth-order valence-electron chi connectivity index (χ4n) is 4.75. The maximum Gasteiger partial charge on any atom is 0.193 e. The van der Waals surface area contributed by atoms with Gasteiger partial charge in [-0.3, -0.25) is 9.89 Å². The highest BCUT2D eigenvalue weighted by Gasteiger charge is 2.25. The molecule has 166 valence electrons. The van der Waals surface area contributed by atoms with Gasteiger partial charge in [0.05, 0.1) is 6.10 Å². The third kappa shape index (κ3) is 6.31. The quantitative estimate of drug-likeness (QED) is 0.556. The van der Waals surface area contributed by atoms with Crippen LogP contribution >= 0.6 is 0 Å². The van der Waals surface area contributed by atoms with Gasteiger partial charge >= 0.3 is 0 Å². The lowest BCUT2D eigenvalue weighted by Gasteiger charge is -2.29. The topological polar surface area (TPSA) is 51.1 Å². The molecule has 2 saturated heterocycles. The number of guanidine groups is 1. The molecule has 0 saturated carbocycles. The van der Waals surface area contributed by atoms with Crippen molar-refractivity contribution >= 4 is 5.96 Å². The molecule has 1 atom stereocenters. The van der Waals surface area contributed by atoms with Gasteiger partial charge in [-0.2, -0.15) is 0 Å². The van der Waals surface area contributed by atoms with Gasteiger partial charge in [0.1, 0.15) is 0 Å². The van der Waals surface area contributed by atoms with Crippen molar-refractivity contribution in [1.82, 2.24) is 15.1 Å². The van der Waals surface area contributed by atoms with E-state index in [0.717, 1.165) is 64.5 Å². The molecule has 4 rings (SSSR count). The average molecular weight is 421 g/mol. The minimum atomic E-state index is -0.108. The monoisotopic (exact) mass is 420 g/mol. The maximum atomic E-state index is 9.67. The zero-order valence-electron chi connectivity index (χ0n) is 18.7. The highest BCUT2D eigenvalue weighted by molar-refractivity contribution is 5.80. The van der Waals surface area contributed by atoms with E-state index >= 15 is 0 Å². The molecule has 2 aromatic rings. The number of aliphatic hydroxyl groups excluding tert-OH is 1. The normalized spacial score (nSPS) is 20.9. The number of hydrogen-bond donors (Lipinski definition) is 2. The number of nitrogens with zero attached hydrogens (tertiary/aromatic N) is 3. The van der Waals surface area contributed by atoms with Crippen LogP contribution in [0.1, 0.15) is 36.0 Å².